The Hall–Kier alpha value is -1.02. The van der Waals surface area contributed by atoms with Gasteiger partial charge in [0.05, 0.1) is 0 Å². The van der Waals surface area contributed by atoms with Gasteiger partial charge in [0.25, 0.3) is 0 Å². The van der Waals surface area contributed by atoms with Gasteiger partial charge in [-0.25, -0.2) is 0 Å². The molecular weight excluding hydrogens is 136 g/mol. The molecule has 1 aliphatic carbocycles. The fourth-order valence-corrected chi connectivity index (χ4v) is 1.76. The van der Waals surface area contributed by atoms with E-state index in [9.17, 15) is 0 Å². The Bertz CT molecular complexity index is 281. The maximum atomic E-state index is 5.87. The number of nitrogen functional groups attached to an aromatic ring is 1. The van der Waals surface area contributed by atoms with E-state index in [1.54, 1.807) is 0 Å². The SMILES string of the molecule is Nc1cccc2c1C(N)CC2. The van der Waals surface area contributed by atoms with Crippen LogP contribution in [0.1, 0.15) is 23.6 Å². The zero-order valence-electron chi connectivity index (χ0n) is 6.38. The van der Waals surface area contributed by atoms with Crippen molar-refractivity contribution in [3.8, 4) is 0 Å². The van der Waals surface area contributed by atoms with Crippen LogP contribution in [0.3, 0.4) is 0 Å². The van der Waals surface area contributed by atoms with Gasteiger partial charge in [-0.15, -0.1) is 0 Å². The average Bonchev–Trinajstić information content (AvgIpc) is 2.34. The first-order valence-electron chi connectivity index (χ1n) is 3.92. The molecule has 58 valence electrons. The quantitative estimate of drug-likeness (QED) is 0.543. The predicted molar refractivity (Wildman–Crippen MR) is 46.1 cm³/mol. The smallest absolute Gasteiger partial charge is 0.0365 e. The third-order valence-corrected chi connectivity index (χ3v) is 2.33. The van der Waals surface area contributed by atoms with Crippen LogP contribution in [0.4, 0.5) is 5.69 Å². The third kappa shape index (κ3) is 0.906. The molecule has 1 aromatic carbocycles. The minimum Gasteiger partial charge on any atom is -0.398 e. The van der Waals surface area contributed by atoms with Crippen molar-refractivity contribution in [3.05, 3.63) is 29.3 Å². The van der Waals surface area contributed by atoms with E-state index in [1.165, 1.54) is 11.1 Å². The van der Waals surface area contributed by atoms with Gasteiger partial charge in [-0.2, -0.15) is 0 Å². The molecule has 0 saturated heterocycles. The van der Waals surface area contributed by atoms with E-state index in [1.807, 2.05) is 12.1 Å². The molecule has 1 aliphatic rings. The second-order valence-electron chi connectivity index (χ2n) is 3.07. The highest BCUT2D eigenvalue weighted by Crippen LogP contribution is 2.32. The molecule has 0 saturated carbocycles. The van der Waals surface area contributed by atoms with Crippen LogP contribution < -0.4 is 11.5 Å². The molecule has 4 N–H and O–H groups in total. The molecule has 0 heterocycles. The number of fused-ring (bicyclic) bond motifs is 1. The summed E-state index contributed by atoms with van der Waals surface area (Å²) in [6.45, 7) is 0. The summed E-state index contributed by atoms with van der Waals surface area (Å²) in [6.07, 6.45) is 2.13. The molecule has 1 unspecified atom stereocenters. The second kappa shape index (κ2) is 2.24. The number of benzene rings is 1. The number of anilines is 1. The standard InChI is InChI=1S/C9H12N2/c10-7-3-1-2-6-4-5-8(11)9(6)7/h1-3,8H,4-5,10-11H2. The molecule has 0 fully saturated rings. The first-order valence-corrected chi connectivity index (χ1v) is 3.92. The molecule has 0 amide bonds. The zero-order chi connectivity index (χ0) is 7.84. The van der Waals surface area contributed by atoms with Crippen LogP contribution in [-0.2, 0) is 6.42 Å². The number of hydrogen-bond donors (Lipinski definition) is 2. The number of nitrogens with two attached hydrogens (primary N) is 2. The van der Waals surface area contributed by atoms with Crippen molar-refractivity contribution in [1.29, 1.82) is 0 Å². The summed E-state index contributed by atoms with van der Waals surface area (Å²) >= 11 is 0. The average molecular weight is 148 g/mol. The molecular formula is C9H12N2. The van der Waals surface area contributed by atoms with Gasteiger partial charge in [0.15, 0.2) is 0 Å². The van der Waals surface area contributed by atoms with Gasteiger partial charge in [-0.3, -0.25) is 0 Å². The van der Waals surface area contributed by atoms with Crippen molar-refractivity contribution < 1.29 is 0 Å². The summed E-state index contributed by atoms with van der Waals surface area (Å²) in [5.74, 6) is 0. The molecule has 2 nitrogen and oxygen atoms in total. The molecule has 0 bridgehead atoms. The Morgan fingerprint density at radius 1 is 1.36 bits per heavy atom. The van der Waals surface area contributed by atoms with E-state index in [4.69, 9.17) is 11.5 Å². The fraction of sp³-hybridized carbons (Fsp3) is 0.333. The van der Waals surface area contributed by atoms with Crippen molar-refractivity contribution in [1.82, 2.24) is 0 Å². The maximum Gasteiger partial charge on any atom is 0.0365 e. The number of rotatable bonds is 0. The van der Waals surface area contributed by atoms with Crippen molar-refractivity contribution >= 4 is 5.69 Å². The lowest BCUT2D eigenvalue weighted by molar-refractivity contribution is 0.715. The Morgan fingerprint density at radius 3 is 2.91 bits per heavy atom. The van der Waals surface area contributed by atoms with Crippen LogP contribution in [0.2, 0.25) is 0 Å². The van der Waals surface area contributed by atoms with Gasteiger partial charge >= 0.3 is 0 Å². The van der Waals surface area contributed by atoms with Gasteiger partial charge in [-0.05, 0) is 30.0 Å². The van der Waals surface area contributed by atoms with E-state index in [0.29, 0.717) is 0 Å². The highest BCUT2D eigenvalue weighted by Gasteiger charge is 2.20. The molecule has 2 rings (SSSR count). The summed E-state index contributed by atoms with van der Waals surface area (Å²) < 4.78 is 0. The van der Waals surface area contributed by atoms with Crippen molar-refractivity contribution in [2.75, 3.05) is 5.73 Å². The molecule has 0 radical (unpaired) electrons. The normalized spacial score (nSPS) is 21.7. The van der Waals surface area contributed by atoms with E-state index in [0.717, 1.165) is 18.5 Å². The Labute approximate surface area is 66.2 Å². The molecule has 1 aromatic rings. The molecule has 1 atom stereocenters. The van der Waals surface area contributed by atoms with Gasteiger partial charge in [0.1, 0.15) is 0 Å². The summed E-state index contributed by atoms with van der Waals surface area (Å²) in [6, 6.07) is 6.20. The lowest BCUT2D eigenvalue weighted by Crippen LogP contribution is -2.07. The summed E-state index contributed by atoms with van der Waals surface area (Å²) in [4.78, 5) is 0. The summed E-state index contributed by atoms with van der Waals surface area (Å²) in [7, 11) is 0. The molecule has 11 heavy (non-hydrogen) atoms. The second-order valence-corrected chi connectivity index (χ2v) is 3.07. The first-order chi connectivity index (χ1) is 5.29. The van der Waals surface area contributed by atoms with Crippen LogP contribution >= 0.6 is 0 Å². The molecule has 2 heteroatoms. The lowest BCUT2D eigenvalue weighted by Gasteiger charge is -2.07. The minimum absolute atomic E-state index is 0.172. The van der Waals surface area contributed by atoms with Gasteiger partial charge in [0.2, 0.25) is 0 Å². The lowest BCUT2D eigenvalue weighted by atomic mass is 10.1. The Kier molecular flexibility index (Phi) is 1.36. The molecule has 0 aliphatic heterocycles. The Morgan fingerprint density at radius 2 is 2.18 bits per heavy atom. The van der Waals surface area contributed by atoms with Crippen molar-refractivity contribution in [2.45, 2.75) is 18.9 Å². The van der Waals surface area contributed by atoms with E-state index in [-0.39, 0.29) is 6.04 Å². The summed E-state index contributed by atoms with van der Waals surface area (Å²) in [5.41, 5.74) is 15.0. The number of aryl methyl sites for hydroxylation is 1. The van der Waals surface area contributed by atoms with Gasteiger partial charge < -0.3 is 11.5 Å². The van der Waals surface area contributed by atoms with Gasteiger partial charge in [-0.1, -0.05) is 12.1 Å². The molecule has 0 aromatic heterocycles. The van der Waals surface area contributed by atoms with Crippen LogP contribution in [0, 0.1) is 0 Å². The van der Waals surface area contributed by atoms with Crippen molar-refractivity contribution in [2.24, 2.45) is 5.73 Å². The Balaban J connectivity index is 2.58. The van der Waals surface area contributed by atoms with Gasteiger partial charge in [0, 0.05) is 11.7 Å². The monoisotopic (exact) mass is 148 g/mol. The minimum atomic E-state index is 0.172. The van der Waals surface area contributed by atoms with E-state index < -0.39 is 0 Å². The van der Waals surface area contributed by atoms with Crippen LogP contribution in [0.5, 0.6) is 0 Å². The first kappa shape index (κ1) is 6.68. The molecule has 0 spiro atoms. The van der Waals surface area contributed by atoms with E-state index >= 15 is 0 Å². The van der Waals surface area contributed by atoms with Crippen LogP contribution in [0.15, 0.2) is 18.2 Å². The summed E-state index contributed by atoms with van der Waals surface area (Å²) in [5, 5.41) is 0. The highest BCUT2D eigenvalue weighted by atomic mass is 14.7. The van der Waals surface area contributed by atoms with Crippen LogP contribution in [-0.4, -0.2) is 0 Å². The maximum absolute atomic E-state index is 5.87. The number of hydrogen-bond acceptors (Lipinski definition) is 2. The topological polar surface area (TPSA) is 52.0 Å². The zero-order valence-corrected chi connectivity index (χ0v) is 6.38. The van der Waals surface area contributed by atoms with Crippen LogP contribution in [0.25, 0.3) is 0 Å². The predicted octanol–water partition coefficient (Wildman–Crippen LogP) is 1.21. The van der Waals surface area contributed by atoms with E-state index in [2.05, 4.69) is 6.07 Å². The largest absolute Gasteiger partial charge is 0.398 e. The highest BCUT2D eigenvalue weighted by molar-refractivity contribution is 5.54. The fourth-order valence-electron chi connectivity index (χ4n) is 1.76. The van der Waals surface area contributed by atoms with Crippen molar-refractivity contribution in [3.63, 3.8) is 0 Å². The third-order valence-electron chi connectivity index (χ3n) is 2.33.